The molecule has 3 rings (SSSR count). The van der Waals surface area contributed by atoms with Crippen LogP contribution in [0.2, 0.25) is 0 Å². The molecule has 0 unspecified atom stereocenters. The zero-order chi connectivity index (χ0) is 15.0. The Morgan fingerprint density at radius 2 is 1.86 bits per heavy atom. The van der Waals surface area contributed by atoms with Crippen molar-refractivity contribution in [1.29, 1.82) is 5.26 Å². The van der Waals surface area contributed by atoms with E-state index < -0.39 is 0 Å². The second-order valence-corrected chi connectivity index (χ2v) is 5.26. The molecule has 2 aromatic carbocycles. The van der Waals surface area contributed by atoms with Gasteiger partial charge in [-0.25, -0.2) is 4.98 Å². The normalized spacial score (nSPS) is 10.5. The van der Waals surface area contributed by atoms with Crippen molar-refractivity contribution in [2.75, 3.05) is 5.73 Å². The van der Waals surface area contributed by atoms with Crippen molar-refractivity contribution < 1.29 is 0 Å². The molecular formula is C18H15N3. The predicted molar refractivity (Wildman–Crippen MR) is 85.8 cm³/mol. The van der Waals surface area contributed by atoms with Gasteiger partial charge in [-0.2, -0.15) is 5.26 Å². The topological polar surface area (TPSA) is 62.7 Å². The van der Waals surface area contributed by atoms with Crippen LogP contribution in [0.3, 0.4) is 0 Å². The van der Waals surface area contributed by atoms with E-state index in [0.717, 1.165) is 27.7 Å². The van der Waals surface area contributed by atoms with E-state index in [-0.39, 0.29) is 0 Å². The maximum absolute atomic E-state index is 9.05. The van der Waals surface area contributed by atoms with Crippen LogP contribution in [0.4, 0.5) is 5.69 Å². The molecular weight excluding hydrogens is 258 g/mol. The molecule has 1 heterocycles. The molecule has 0 spiro atoms. The Morgan fingerprint density at radius 3 is 2.62 bits per heavy atom. The molecule has 0 fully saturated rings. The van der Waals surface area contributed by atoms with E-state index in [9.17, 15) is 0 Å². The lowest BCUT2D eigenvalue weighted by Gasteiger charge is -2.10. The van der Waals surface area contributed by atoms with E-state index in [0.29, 0.717) is 11.3 Å². The van der Waals surface area contributed by atoms with Gasteiger partial charge in [0.2, 0.25) is 0 Å². The van der Waals surface area contributed by atoms with Crippen molar-refractivity contribution in [3.63, 3.8) is 0 Å². The van der Waals surface area contributed by atoms with Crippen molar-refractivity contribution in [3.8, 4) is 17.3 Å². The Balaban J connectivity index is 2.27. The summed E-state index contributed by atoms with van der Waals surface area (Å²) in [4.78, 5) is 4.69. The molecule has 0 atom stereocenters. The number of benzene rings is 2. The van der Waals surface area contributed by atoms with Crippen LogP contribution in [-0.4, -0.2) is 4.98 Å². The Kier molecular flexibility index (Phi) is 3.08. The van der Waals surface area contributed by atoms with Crippen molar-refractivity contribution >= 4 is 16.6 Å². The standard InChI is InChI=1S/C18H15N3/c1-11-3-6-17-14(7-11)12(2)8-18(21-17)15-9-13(10-19)4-5-16(15)20/h3-9H,20H2,1-2H3. The Labute approximate surface area is 123 Å². The molecule has 0 aliphatic carbocycles. The third-order valence-corrected chi connectivity index (χ3v) is 3.63. The maximum atomic E-state index is 9.05. The first kappa shape index (κ1) is 13.1. The summed E-state index contributed by atoms with van der Waals surface area (Å²) in [6.07, 6.45) is 0. The number of nitrogens with zero attached hydrogens (tertiary/aromatic N) is 2. The third-order valence-electron chi connectivity index (χ3n) is 3.63. The first-order valence-electron chi connectivity index (χ1n) is 6.76. The van der Waals surface area contributed by atoms with Gasteiger partial charge in [-0.1, -0.05) is 11.6 Å². The Hall–Kier alpha value is -2.86. The minimum Gasteiger partial charge on any atom is -0.398 e. The lowest BCUT2D eigenvalue weighted by Crippen LogP contribution is -1.95. The molecule has 21 heavy (non-hydrogen) atoms. The third kappa shape index (κ3) is 2.32. The van der Waals surface area contributed by atoms with Crippen LogP contribution >= 0.6 is 0 Å². The van der Waals surface area contributed by atoms with Crippen LogP contribution in [0.15, 0.2) is 42.5 Å². The van der Waals surface area contributed by atoms with E-state index in [1.54, 1.807) is 18.2 Å². The van der Waals surface area contributed by atoms with Crippen LogP contribution in [0.5, 0.6) is 0 Å². The fraction of sp³-hybridized carbons (Fsp3) is 0.111. The monoisotopic (exact) mass is 273 g/mol. The molecule has 0 radical (unpaired) electrons. The molecule has 2 N–H and O–H groups in total. The summed E-state index contributed by atoms with van der Waals surface area (Å²) in [5.41, 5.74) is 12.2. The van der Waals surface area contributed by atoms with Crippen LogP contribution in [0, 0.1) is 25.2 Å². The predicted octanol–water partition coefficient (Wildman–Crippen LogP) is 3.97. The van der Waals surface area contributed by atoms with Gasteiger partial charge in [-0.05, 0) is 55.8 Å². The van der Waals surface area contributed by atoms with Crippen molar-refractivity contribution in [2.24, 2.45) is 0 Å². The molecule has 0 bridgehead atoms. The first-order valence-corrected chi connectivity index (χ1v) is 6.76. The minimum absolute atomic E-state index is 0.586. The summed E-state index contributed by atoms with van der Waals surface area (Å²) in [6, 6.07) is 15.6. The second-order valence-electron chi connectivity index (χ2n) is 5.26. The van der Waals surface area contributed by atoms with E-state index in [1.165, 1.54) is 5.56 Å². The lowest BCUT2D eigenvalue weighted by molar-refractivity contribution is 1.35. The first-order chi connectivity index (χ1) is 10.1. The fourth-order valence-corrected chi connectivity index (χ4v) is 2.49. The minimum atomic E-state index is 0.586. The number of anilines is 1. The molecule has 0 saturated carbocycles. The molecule has 3 heteroatoms. The molecule has 102 valence electrons. The van der Waals surface area contributed by atoms with Gasteiger partial charge in [-0.15, -0.1) is 0 Å². The zero-order valence-corrected chi connectivity index (χ0v) is 12.0. The van der Waals surface area contributed by atoms with Gasteiger partial charge >= 0.3 is 0 Å². The number of fused-ring (bicyclic) bond motifs is 1. The van der Waals surface area contributed by atoms with Crippen LogP contribution in [-0.2, 0) is 0 Å². The number of aromatic nitrogens is 1. The summed E-state index contributed by atoms with van der Waals surface area (Å²) in [7, 11) is 0. The summed E-state index contributed by atoms with van der Waals surface area (Å²) in [6.45, 7) is 4.14. The molecule has 3 aromatic rings. The van der Waals surface area contributed by atoms with Crippen LogP contribution in [0.25, 0.3) is 22.2 Å². The molecule has 1 aromatic heterocycles. The Morgan fingerprint density at radius 1 is 1.05 bits per heavy atom. The van der Waals surface area contributed by atoms with Gasteiger partial charge in [0.05, 0.1) is 22.8 Å². The highest BCUT2D eigenvalue weighted by Gasteiger charge is 2.09. The van der Waals surface area contributed by atoms with Gasteiger partial charge in [-0.3, -0.25) is 0 Å². The summed E-state index contributed by atoms with van der Waals surface area (Å²) in [5.74, 6) is 0. The quantitative estimate of drug-likeness (QED) is 0.682. The van der Waals surface area contributed by atoms with Crippen LogP contribution < -0.4 is 5.73 Å². The number of aryl methyl sites for hydroxylation is 2. The molecule has 0 aliphatic heterocycles. The number of rotatable bonds is 1. The number of pyridine rings is 1. The number of nitrogen functional groups attached to an aromatic ring is 1. The van der Waals surface area contributed by atoms with Crippen molar-refractivity contribution in [2.45, 2.75) is 13.8 Å². The summed E-state index contributed by atoms with van der Waals surface area (Å²) in [5, 5.41) is 10.2. The van der Waals surface area contributed by atoms with Gasteiger partial charge in [0.25, 0.3) is 0 Å². The van der Waals surface area contributed by atoms with Crippen molar-refractivity contribution in [1.82, 2.24) is 4.98 Å². The number of nitriles is 1. The molecule has 0 saturated heterocycles. The van der Waals surface area contributed by atoms with E-state index in [1.807, 2.05) is 18.2 Å². The van der Waals surface area contributed by atoms with Gasteiger partial charge in [0, 0.05) is 16.6 Å². The van der Waals surface area contributed by atoms with Gasteiger partial charge in [0.15, 0.2) is 0 Å². The molecule has 0 amide bonds. The van der Waals surface area contributed by atoms with E-state index in [2.05, 4.69) is 26.0 Å². The summed E-state index contributed by atoms with van der Waals surface area (Å²) < 4.78 is 0. The average molecular weight is 273 g/mol. The highest BCUT2D eigenvalue weighted by Crippen LogP contribution is 2.29. The number of hydrogen-bond donors (Lipinski definition) is 1. The maximum Gasteiger partial charge on any atom is 0.0991 e. The van der Waals surface area contributed by atoms with Crippen LogP contribution in [0.1, 0.15) is 16.7 Å². The van der Waals surface area contributed by atoms with E-state index in [4.69, 9.17) is 16.0 Å². The van der Waals surface area contributed by atoms with E-state index >= 15 is 0 Å². The largest absolute Gasteiger partial charge is 0.398 e. The molecule has 3 nitrogen and oxygen atoms in total. The molecule has 0 aliphatic rings. The lowest BCUT2D eigenvalue weighted by atomic mass is 10.0. The van der Waals surface area contributed by atoms with Crippen molar-refractivity contribution in [3.05, 3.63) is 59.2 Å². The highest BCUT2D eigenvalue weighted by atomic mass is 14.7. The smallest absolute Gasteiger partial charge is 0.0991 e. The second kappa shape index (κ2) is 4.92. The fourth-order valence-electron chi connectivity index (χ4n) is 2.49. The van der Waals surface area contributed by atoms with Gasteiger partial charge in [0.1, 0.15) is 0 Å². The SMILES string of the molecule is Cc1ccc2nc(-c3cc(C#N)ccc3N)cc(C)c2c1. The average Bonchev–Trinajstić information content (AvgIpc) is 2.48. The number of nitrogens with two attached hydrogens (primary N) is 1. The van der Waals surface area contributed by atoms with Gasteiger partial charge < -0.3 is 5.73 Å². The Bertz CT molecular complexity index is 889. The highest BCUT2D eigenvalue weighted by molar-refractivity contribution is 5.87. The zero-order valence-electron chi connectivity index (χ0n) is 12.0. The summed E-state index contributed by atoms with van der Waals surface area (Å²) >= 11 is 0. The number of hydrogen-bond acceptors (Lipinski definition) is 3.